The molecule has 0 amide bonds. The van der Waals surface area contributed by atoms with Crippen LogP contribution in [0.5, 0.6) is 11.5 Å². The second-order valence-electron chi connectivity index (χ2n) is 6.02. The number of nitro groups is 1. The first-order valence-corrected chi connectivity index (χ1v) is 9.49. The topological polar surface area (TPSA) is 110 Å². The third-order valence-electron chi connectivity index (χ3n) is 4.13. The van der Waals surface area contributed by atoms with Crippen molar-refractivity contribution in [2.24, 2.45) is 0 Å². The lowest BCUT2D eigenvalue weighted by atomic mass is 10.1. The van der Waals surface area contributed by atoms with Gasteiger partial charge in [-0.2, -0.15) is 5.26 Å². The predicted molar refractivity (Wildman–Crippen MR) is 109 cm³/mol. The summed E-state index contributed by atoms with van der Waals surface area (Å²) in [5, 5.41) is 25.8. The molecule has 0 spiro atoms. The fourth-order valence-corrected chi connectivity index (χ4v) is 3.53. The molecule has 0 bridgehead atoms. The Hall–Kier alpha value is -3.90. The van der Waals surface area contributed by atoms with E-state index < -0.39 is 4.92 Å². The maximum absolute atomic E-state index is 11.0. The van der Waals surface area contributed by atoms with Crippen molar-refractivity contribution >= 4 is 28.3 Å². The van der Waals surface area contributed by atoms with Crippen LogP contribution in [-0.4, -0.2) is 23.1 Å². The van der Waals surface area contributed by atoms with E-state index in [4.69, 9.17) is 9.47 Å². The minimum absolute atomic E-state index is 0.00614. The Balaban J connectivity index is 1.55. The second kappa shape index (κ2) is 8.00. The number of nitrogens with zero attached hydrogens (tertiary/aromatic N) is 3. The Bertz CT molecular complexity index is 1150. The standard InChI is InChI=1S/C20H14N4O4S/c21-10-14(11-22-15-4-5-18-19(9-15)28-7-6-27-18)20-23-17(12-29-20)13-2-1-3-16(8-13)24(25)26/h1-5,8-9,11-12,22H,6-7H2/b14-11+. The van der Waals surface area contributed by atoms with Crippen molar-refractivity contribution in [1.29, 1.82) is 5.26 Å². The largest absolute Gasteiger partial charge is 0.486 e. The summed E-state index contributed by atoms with van der Waals surface area (Å²) in [7, 11) is 0. The molecule has 2 aromatic carbocycles. The first kappa shape index (κ1) is 18.5. The van der Waals surface area contributed by atoms with Crippen molar-refractivity contribution in [3.8, 4) is 28.8 Å². The van der Waals surface area contributed by atoms with Gasteiger partial charge in [-0.3, -0.25) is 10.1 Å². The lowest BCUT2D eigenvalue weighted by molar-refractivity contribution is -0.384. The zero-order valence-corrected chi connectivity index (χ0v) is 15.8. The molecule has 9 heteroatoms. The lowest BCUT2D eigenvalue weighted by Gasteiger charge is -2.18. The maximum atomic E-state index is 11.0. The highest BCUT2D eigenvalue weighted by Crippen LogP contribution is 2.33. The molecule has 3 aromatic rings. The molecule has 0 fully saturated rings. The number of anilines is 1. The van der Waals surface area contributed by atoms with Gasteiger partial charge >= 0.3 is 0 Å². The molecule has 1 aromatic heterocycles. The molecular formula is C20H14N4O4S. The van der Waals surface area contributed by atoms with E-state index in [-0.39, 0.29) is 5.69 Å². The number of aromatic nitrogens is 1. The zero-order valence-electron chi connectivity index (χ0n) is 15.0. The number of allylic oxidation sites excluding steroid dienone is 1. The minimum atomic E-state index is -0.450. The molecule has 0 radical (unpaired) electrons. The summed E-state index contributed by atoms with van der Waals surface area (Å²) in [6, 6.07) is 13.8. The van der Waals surface area contributed by atoms with E-state index in [1.54, 1.807) is 35.8 Å². The normalized spacial score (nSPS) is 12.9. The number of hydrogen-bond donors (Lipinski definition) is 1. The van der Waals surface area contributed by atoms with Gasteiger partial charge in [-0.15, -0.1) is 11.3 Å². The van der Waals surface area contributed by atoms with Gasteiger partial charge in [0.25, 0.3) is 5.69 Å². The van der Waals surface area contributed by atoms with Crippen molar-refractivity contribution in [2.45, 2.75) is 0 Å². The van der Waals surface area contributed by atoms with E-state index >= 15 is 0 Å². The molecular weight excluding hydrogens is 392 g/mol. The summed E-state index contributed by atoms with van der Waals surface area (Å²) in [4.78, 5) is 15.0. The van der Waals surface area contributed by atoms with Gasteiger partial charge in [0.2, 0.25) is 0 Å². The van der Waals surface area contributed by atoms with E-state index in [9.17, 15) is 15.4 Å². The molecule has 144 valence electrons. The van der Waals surface area contributed by atoms with Crippen LogP contribution in [0, 0.1) is 21.4 Å². The molecule has 1 aliphatic rings. The molecule has 0 aliphatic carbocycles. The van der Waals surface area contributed by atoms with Gasteiger partial charge in [0.1, 0.15) is 29.9 Å². The minimum Gasteiger partial charge on any atom is -0.486 e. The van der Waals surface area contributed by atoms with Crippen LogP contribution in [0.2, 0.25) is 0 Å². The van der Waals surface area contributed by atoms with Gasteiger partial charge < -0.3 is 14.8 Å². The highest BCUT2D eigenvalue weighted by atomic mass is 32.1. The van der Waals surface area contributed by atoms with Crippen LogP contribution in [0.3, 0.4) is 0 Å². The van der Waals surface area contributed by atoms with Crippen molar-refractivity contribution < 1.29 is 14.4 Å². The van der Waals surface area contributed by atoms with Crippen LogP contribution in [0.15, 0.2) is 54.0 Å². The molecule has 1 aliphatic heterocycles. The van der Waals surface area contributed by atoms with Crippen LogP contribution in [0.1, 0.15) is 5.01 Å². The van der Waals surface area contributed by atoms with Gasteiger partial charge in [0, 0.05) is 41.0 Å². The summed E-state index contributed by atoms with van der Waals surface area (Å²) in [5.41, 5.74) is 2.29. The first-order valence-electron chi connectivity index (χ1n) is 8.61. The number of non-ortho nitro benzene ring substituents is 1. The Morgan fingerprint density at radius 2 is 2.07 bits per heavy atom. The van der Waals surface area contributed by atoms with Crippen molar-refractivity contribution in [1.82, 2.24) is 4.98 Å². The summed E-state index contributed by atoms with van der Waals surface area (Å²) < 4.78 is 11.0. The third kappa shape index (κ3) is 4.02. The maximum Gasteiger partial charge on any atom is 0.270 e. The van der Waals surface area contributed by atoms with Crippen molar-refractivity contribution in [3.05, 3.63) is 69.2 Å². The fraction of sp³-hybridized carbons (Fsp3) is 0.100. The summed E-state index contributed by atoms with van der Waals surface area (Å²) >= 11 is 1.29. The van der Waals surface area contributed by atoms with Gasteiger partial charge in [0.15, 0.2) is 11.5 Å². The van der Waals surface area contributed by atoms with Gasteiger partial charge in [0.05, 0.1) is 10.6 Å². The SMILES string of the molecule is N#C/C(=C\Nc1ccc2c(c1)OCCO2)c1nc(-c2cccc([N+](=O)[O-])c2)cs1. The number of nitro benzene ring substituents is 1. The number of ether oxygens (including phenoxy) is 2. The number of rotatable bonds is 5. The quantitative estimate of drug-likeness (QED) is 0.378. The Labute approximate surface area is 169 Å². The molecule has 0 saturated heterocycles. The Morgan fingerprint density at radius 3 is 2.86 bits per heavy atom. The van der Waals surface area contributed by atoms with E-state index in [0.29, 0.717) is 46.6 Å². The zero-order chi connectivity index (χ0) is 20.2. The highest BCUT2D eigenvalue weighted by Gasteiger charge is 2.13. The molecule has 8 nitrogen and oxygen atoms in total. The van der Waals surface area contributed by atoms with Crippen LogP contribution in [-0.2, 0) is 0 Å². The molecule has 0 atom stereocenters. The Morgan fingerprint density at radius 1 is 1.24 bits per heavy atom. The van der Waals surface area contributed by atoms with Crippen LogP contribution in [0.4, 0.5) is 11.4 Å². The molecule has 29 heavy (non-hydrogen) atoms. The van der Waals surface area contributed by atoms with E-state index in [1.165, 1.54) is 23.5 Å². The van der Waals surface area contributed by atoms with Crippen LogP contribution >= 0.6 is 11.3 Å². The Kier molecular flexibility index (Phi) is 5.09. The van der Waals surface area contributed by atoms with Gasteiger partial charge in [-0.25, -0.2) is 4.98 Å². The number of nitrogens with one attached hydrogen (secondary N) is 1. The summed E-state index contributed by atoms with van der Waals surface area (Å²) in [6.45, 7) is 1.02. The molecule has 0 unspecified atom stereocenters. The molecule has 2 heterocycles. The fourth-order valence-electron chi connectivity index (χ4n) is 2.74. The van der Waals surface area contributed by atoms with E-state index in [2.05, 4.69) is 16.4 Å². The first-order chi connectivity index (χ1) is 14.1. The highest BCUT2D eigenvalue weighted by molar-refractivity contribution is 7.11. The number of nitriles is 1. The molecule has 1 N–H and O–H groups in total. The number of thiazole rings is 1. The smallest absolute Gasteiger partial charge is 0.270 e. The molecule has 0 saturated carbocycles. The van der Waals surface area contributed by atoms with Crippen LogP contribution < -0.4 is 14.8 Å². The van der Waals surface area contributed by atoms with Crippen molar-refractivity contribution in [2.75, 3.05) is 18.5 Å². The molecule has 4 rings (SSSR count). The monoisotopic (exact) mass is 406 g/mol. The second-order valence-corrected chi connectivity index (χ2v) is 6.88. The van der Waals surface area contributed by atoms with E-state index in [1.807, 2.05) is 6.07 Å². The summed E-state index contributed by atoms with van der Waals surface area (Å²) in [6.07, 6.45) is 1.57. The van der Waals surface area contributed by atoms with Crippen LogP contribution in [0.25, 0.3) is 16.8 Å². The van der Waals surface area contributed by atoms with Gasteiger partial charge in [-0.1, -0.05) is 12.1 Å². The average molecular weight is 406 g/mol. The number of benzene rings is 2. The van der Waals surface area contributed by atoms with Crippen molar-refractivity contribution in [3.63, 3.8) is 0 Å². The van der Waals surface area contributed by atoms with Gasteiger partial charge in [-0.05, 0) is 12.1 Å². The summed E-state index contributed by atoms with van der Waals surface area (Å²) in [5.74, 6) is 1.34. The number of fused-ring (bicyclic) bond motifs is 1. The number of hydrogen-bond acceptors (Lipinski definition) is 8. The lowest BCUT2D eigenvalue weighted by Crippen LogP contribution is -2.15. The third-order valence-corrected chi connectivity index (χ3v) is 5.01. The van der Waals surface area contributed by atoms with E-state index in [0.717, 1.165) is 5.69 Å². The predicted octanol–water partition coefficient (Wildman–Crippen LogP) is 4.47. The average Bonchev–Trinajstić information content (AvgIpc) is 3.24.